The Bertz CT molecular complexity index is 289. The van der Waals surface area contributed by atoms with Crippen molar-refractivity contribution in [3.63, 3.8) is 0 Å². The molecule has 0 amide bonds. The van der Waals surface area contributed by atoms with Crippen molar-refractivity contribution in [3.05, 3.63) is 0 Å². The fourth-order valence-corrected chi connectivity index (χ4v) is 3.97. The Hall–Kier alpha value is -0.0800. The van der Waals surface area contributed by atoms with Crippen LogP contribution in [-0.4, -0.2) is 33.7 Å². The number of rotatable bonds is 2. The first kappa shape index (κ1) is 18.0. The van der Waals surface area contributed by atoms with Gasteiger partial charge < -0.3 is 4.74 Å². The summed E-state index contributed by atoms with van der Waals surface area (Å²) in [5.74, 6) is 0. The second-order valence-electron chi connectivity index (χ2n) is 9.33. The van der Waals surface area contributed by atoms with E-state index in [1.807, 2.05) is 0 Å². The SMILES string of the molecule is CC(C)(C)O[C@H]1CCCC[C@@H]1N(C(C)(C)C)C(C)(C)C. The van der Waals surface area contributed by atoms with Gasteiger partial charge in [0.05, 0.1) is 11.7 Å². The first-order valence-corrected chi connectivity index (χ1v) is 8.30. The van der Waals surface area contributed by atoms with Crippen molar-refractivity contribution in [2.45, 2.75) is 117 Å². The van der Waals surface area contributed by atoms with Gasteiger partial charge in [-0.1, -0.05) is 12.8 Å². The van der Waals surface area contributed by atoms with E-state index < -0.39 is 0 Å². The van der Waals surface area contributed by atoms with Crippen LogP contribution in [-0.2, 0) is 4.74 Å². The van der Waals surface area contributed by atoms with E-state index in [2.05, 4.69) is 67.2 Å². The lowest BCUT2D eigenvalue weighted by molar-refractivity contribution is -0.141. The van der Waals surface area contributed by atoms with Gasteiger partial charge in [0.15, 0.2) is 0 Å². The Kier molecular flexibility index (Phi) is 5.36. The lowest BCUT2D eigenvalue weighted by Crippen LogP contribution is -2.62. The molecule has 2 heteroatoms. The van der Waals surface area contributed by atoms with Crippen LogP contribution in [0.2, 0.25) is 0 Å². The summed E-state index contributed by atoms with van der Waals surface area (Å²) >= 11 is 0. The highest BCUT2D eigenvalue weighted by Gasteiger charge is 2.42. The van der Waals surface area contributed by atoms with Crippen LogP contribution in [0.1, 0.15) is 88.0 Å². The summed E-state index contributed by atoms with van der Waals surface area (Å²) in [5.41, 5.74) is 0.279. The van der Waals surface area contributed by atoms with Crippen LogP contribution in [0.4, 0.5) is 0 Å². The zero-order valence-electron chi connectivity index (χ0n) is 15.3. The largest absolute Gasteiger partial charge is 0.371 e. The Labute approximate surface area is 127 Å². The van der Waals surface area contributed by atoms with Gasteiger partial charge >= 0.3 is 0 Å². The molecule has 1 fully saturated rings. The minimum atomic E-state index is -0.0539. The fourth-order valence-electron chi connectivity index (χ4n) is 3.97. The molecule has 20 heavy (non-hydrogen) atoms. The summed E-state index contributed by atoms with van der Waals surface area (Å²) in [6.45, 7) is 20.5. The first-order chi connectivity index (χ1) is 8.82. The first-order valence-electron chi connectivity index (χ1n) is 8.30. The highest BCUT2D eigenvalue weighted by molar-refractivity contribution is 4.97. The Morgan fingerprint density at radius 2 is 1.20 bits per heavy atom. The molecule has 0 heterocycles. The van der Waals surface area contributed by atoms with Crippen molar-refractivity contribution in [3.8, 4) is 0 Å². The molecule has 0 aliphatic heterocycles. The standard InChI is InChI=1S/C18H37NO/c1-16(2,3)19(17(4,5)6)14-12-10-11-13-15(14)20-18(7,8)9/h14-15H,10-13H2,1-9H3/t14-,15-/m0/s1. The maximum atomic E-state index is 6.42. The molecule has 1 saturated carbocycles. The molecule has 0 aromatic heterocycles. The van der Waals surface area contributed by atoms with Gasteiger partial charge in [-0.3, -0.25) is 4.90 Å². The highest BCUT2D eigenvalue weighted by Crippen LogP contribution is 2.36. The third kappa shape index (κ3) is 5.04. The zero-order valence-corrected chi connectivity index (χ0v) is 15.3. The predicted molar refractivity (Wildman–Crippen MR) is 88.2 cm³/mol. The van der Waals surface area contributed by atoms with Crippen molar-refractivity contribution in [1.82, 2.24) is 4.90 Å². The number of nitrogens with zero attached hydrogens (tertiary/aromatic N) is 1. The molecule has 0 spiro atoms. The van der Waals surface area contributed by atoms with E-state index in [0.717, 1.165) is 0 Å². The lowest BCUT2D eigenvalue weighted by Gasteiger charge is -2.54. The molecule has 0 aromatic carbocycles. The van der Waals surface area contributed by atoms with Gasteiger partial charge in [-0.15, -0.1) is 0 Å². The average molecular weight is 284 g/mol. The van der Waals surface area contributed by atoms with E-state index in [1.54, 1.807) is 0 Å². The van der Waals surface area contributed by atoms with Crippen molar-refractivity contribution in [1.29, 1.82) is 0 Å². The van der Waals surface area contributed by atoms with Crippen molar-refractivity contribution in [2.24, 2.45) is 0 Å². The van der Waals surface area contributed by atoms with E-state index in [1.165, 1.54) is 25.7 Å². The van der Waals surface area contributed by atoms with Gasteiger partial charge in [0, 0.05) is 17.1 Å². The molecule has 2 atom stereocenters. The Balaban J connectivity index is 3.02. The van der Waals surface area contributed by atoms with Gasteiger partial charge in [-0.05, 0) is 75.2 Å². The van der Waals surface area contributed by atoms with E-state index in [-0.39, 0.29) is 16.7 Å². The zero-order chi connectivity index (χ0) is 15.8. The molecule has 0 aromatic rings. The van der Waals surface area contributed by atoms with Gasteiger partial charge in [-0.25, -0.2) is 0 Å². The molecule has 0 unspecified atom stereocenters. The summed E-state index contributed by atoms with van der Waals surface area (Å²) in [7, 11) is 0. The van der Waals surface area contributed by atoms with Crippen LogP contribution in [0.5, 0.6) is 0 Å². The predicted octanol–water partition coefficient (Wildman–Crippen LogP) is 5.01. The average Bonchev–Trinajstić information content (AvgIpc) is 2.14. The molecule has 1 aliphatic rings. The van der Waals surface area contributed by atoms with E-state index in [9.17, 15) is 0 Å². The molecular weight excluding hydrogens is 246 g/mol. The van der Waals surface area contributed by atoms with Gasteiger partial charge in [0.2, 0.25) is 0 Å². The second kappa shape index (κ2) is 5.96. The fraction of sp³-hybridized carbons (Fsp3) is 1.00. The molecule has 0 bridgehead atoms. The van der Waals surface area contributed by atoms with Gasteiger partial charge in [0.25, 0.3) is 0 Å². The van der Waals surface area contributed by atoms with Gasteiger partial charge in [0.1, 0.15) is 0 Å². The summed E-state index contributed by atoms with van der Waals surface area (Å²) in [6.07, 6.45) is 5.46. The molecule has 0 N–H and O–H groups in total. The molecule has 120 valence electrons. The second-order valence-corrected chi connectivity index (χ2v) is 9.33. The van der Waals surface area contributed by atoms with Crippen molar-refractivity contribution in [2.75, 3.05) is 0 Å². The third-order valence-corrected chi connectivity index (χ3v) is 3.95. The van der Waals surface area contributed by atoms with Crippen LogP contribution in [0.25, 0.3) is 0 Å². The summed E-state index contributed by atoms with van der Waals surface area (Å²) < 4.78 is 6.42. The van der Waals surface area contributed by atoms with E-state index in [0.29, 0.717) is 12.1 Å². The molecule has 1 rings (SSSR count). The maximum Gasteiger partial charge on any atom is 0.0737 e. The van der Waals surface area contributed by atoms with Gasteiger partial charge in [-0.2, -0.15) is 0 Å². The van der Waals surface area contributed by atoms with Crippen LogP contribution >= 0.6 is 0 Å². The summed E-state index contributed by atoms with van der Waals surface area (Å²) in [6, 6.07) is 0.531. The van der Waals surface area contributed by atoms with E-state index >= 15 is 0 Å². The van der Waals surface area contributed by atoms with Crippen LogP contribution in [0, 0.1) is 0 Å². The lowest BCUT2D eigenvalue weighted by atomic mass is 9.84. The number of hydrogen-bond donors (Lipinski definition) is 0. The Morgan fingerprint density at radius 3 is 1.60 bits per heavy atom. The number of hydrogen-bond acceptors (Lipinski definition) is 2. The molecule has 0 saturated heterocycles. The minimum absolute atomic E-state index is 0.0539. The molecule has 1 aliphatic carbocycles. The minimum Gasteiger partial charge on any atom is -0.371 e. The van der Waals surface area contributed by atoms with Crippen molar-refractivity contribution >= 4 is 0 Å². The highest BCUT2D eigenvalue weighted by atomic mass is 16.5. The molecule has 0 radical (unpaired) electrons. The quantitative estimate of drug-likeness (QED) is 0.706. The summed E-state index contributed by atoms with van der Waals surface area (Å²) in [5, 5.41) is 0. The van der Waals surface area contributed by atoms with Crippen LogP contribution in [0.15, 0.2) is 0 Å². The van der Waals surface area contributed by atoms with E-state index in [4.69, 9.17) is 4.74 Å². The van der Waals surface area contributed by atoms with Crippen LogP contribution < -0.4 is 0 Å². The third-order valence-electron chi connectivity index (χ3n) is 3.95. The maximum absolute atomic E-state index is 6.42. The topological polar surface area (TPSA) is 12.5 Å². The smallest absolute Gasteiger partial charge is 0.0737 e. The molecule has 2 nitrogen and oxygen atoms in total. The monoisotopic (exact) mass is 283 g/mol. The Morgan fingerprint density at radius 1 is 0.750 bits per heavy atom. The molecular formula is C18H37NO. The van der Waals surface area contributed by atoms with Crippen molar-refractivity contribution < 1.29 is 4.74 Å². The van der Waals surface area contributed by atoms with Crippen LogP contribution in [0.3, 0.4) is 0 Å². The normalized spacial score (nSPS) is 26.1. The number of ether oxygens (including phenoxy) is 1. The summed E-state index contributed by atoms with van der Waals surface area (Å²) in [4.78, 5) is 2.69.